The molecule has 0 atom stereocenters. The van der Waals surface area contributed by atoms with Crippen LogP contribution in [-0.4, -0.2) is 43.0 Å². The summed E-state index contributed by atoms with van der Waals surface area (Å²) in [6.45, 7) is 2.91. The molecule has 0 unspecified atom stereocenters. The van der Waals surface area contributed by atoms with Crippen molar-refractivity contribution in [3.63, 3.8) is 0 Å². The van der Waals surface area contributed by atoms with E-state index in [0.717, 1.165) is 47.6 Å². The normalized spacial score (nSPS) is 15.3. The summed E-state index contributed by atoms with van der Waals surface area (Å²) in [5.41, 5.74) is 2.74. The maximum atomic E-state index is 13.3. The van der Waals surface area contributed by atoms with Crippen molar-refractivity contribution in [2.45, 2.75) is 25.8 Å². The van der Waals surface area contributed by atoms with Crippen molar-refractivity contribution in [1.29, 1.82) is 0 Å². The summed E-state index contributed by atoms with van der Waals surface area (Å²) in [6, 6.07) is 12.4. The molecule has 5 rings (SSSR count). The average molecular weight is 376 g/mol. The van der Waals surface area contributed by atoms with Crippen LogP contribution in [-0.2, 0) is 6.54 Å². The van der Waals surface area contributed by atoms with Crippen molar-refractivity contribution >= 4 is 10.9 Å². The first kappa shape index (κ1) is 17.1. The molecular formula is C21H21FN6. The number of H-pyrrole nitrogens is 1. The Kier molecular flexibility index (Phi) is 4.37. The van der Waals surface area contributed by atoms with Crippen LogP contribution in [0.25, 0.3) is 28.0 Å². The van der Waals surface area contributed by atoms with Crippen molar-refractivity contribution in [2.75, 3.05) is 13.1 Å². The van der Waals surface area contributed by atoms with Crippen molar-refractivity contribution in [2.24, 2.45) is 0 Å². The molecule has 0 radical (unpaired) electrons. The van der Waals surface area contributed by atoms with Gasteiger partial charge < -0.3 is 0 Å². The SMILES string of the molecule is Fc1ccc(-c2nc(CN3CCCCC3)n(-c3ccc4[nH]ncc4c3)n2)cc1. The number of likely N-dealkylation sites (tertiary alicyclic amines) is 1. The Labute approximate surface area is 162 Å². The largest absolute Gasteiger partial charge is 0.296 e. The molecule has 1 aliphatic heterocycles. The van der Waals surface area contributed by atoms with Crippen molar-refractivity contribution in [1.82, 2.24) is 29.9 Å². The van der Waals surface area contributed by atoms with Crippen LogP contribution in [0, 0.1) is 5.82 Å². The van der Waals surface area contributed by atoms with Crippen LogP contribution in [0.3, 0.4) is 0 Å². The first-order chi connectivity index (χ1) is 13.8. The van der Waals surface area contributed by atoms with E-state index >= 15 is 0 Å². The van der Waals surface area contributed by atoms with Gasteiger partial charge in [0.05, 0.1) is 23.9 Å². The molecule has 1 fully saturated rings. The van der Waals surface area contributed by atoms with E-state index in [0.29, 0.717) is 5.82 Å². The Morgan fingerprint density at radius 2 is 1.82 bits per heavy atom. The highest BCUT2D eigenvalue weighted by atomic mass is 19.1. The smallest absolute Gasteiger partial charge is 0.181 e. The summed E-state index contributed by atoms with van der Waals surface area (Å²) in [5.74, 6) is 1.24. The number of nitrogens with zero attached hydrogens (tertiary/aromatic N) is 5. The first-order valence-electron chi connectivity index (χ1n) is 9.64. The second kappa shape index (κ2) is 7.16. The standard InChI is InChI=1S/C21H21FN6/c22-17-6-4-15(5-7-17)21-24-20(14-27-10-2-1-3-11-27)28(26-21)18-8-9-19-16(12-18)13-23-25-19/h4-9,12-13H,1-3,10-11,14H2,(H,23,25). The van der Waals surface area contributed by atoms with E-state index < -0.39 is 0 Å². The van der Waals surface area contributed by atoms with Crippen molar-refractivity contribution < 1.29 is 4.39 Å². The lowest BCUT2D eigenvalue weighted by atomic mass is 10.1. The minimum absolute atomic E-state index is 0.262. The summed E-state index contributed by atoms with van der Waals surface area (Å²) >= 11 is 0. The van der Waals surface area contributed by atoms with E-state index in [1.807, 2.05) is 16.8 Å². The molecule has 1 aliphatic rings. The van der Waals surface area contributed by atoms with E-state index in [1.54, 1.807) is 18.3 Å². The van der Waals surface area contributed by atoms with Gasteiger partial charge in [-0.3, -0.25) is 10.00 Å². The van der Waals surface area contributed by atoms with E-state index in [9.17, 15) is 4.39 Å². The van der Waals surface area contributed by atoms with Crippen molar-refractivity contribution in [3.8, 4) is 17.1 Å². The molecular weight excluding hydrogens is 355 g/mol. The summed E-state index contributed by atoms with van der Waals surface area (Å²) in [7, 11) is 0. The molecule has 142 valence electrons. The molecule has 0 bridgehead atoms. The monoisotopic (exact) mass is 376 g/mol. The van der Waals surface area contributed by atoms with Gasteiger partial charge in [-0.2, -0.15) is 5.10 Å². The van der Waals surface area contributed by atoms with Gasteiger partial charge >= 0.3 is 0 Å². The van der Waals surface area contributed by atoms with Crippen LogP contribution in [0.15, 0.2) is 48.7 Å². The fourth-order valence-corrected chi connectivity index (χ4v) is 3.75. The van der Waals surface area contributed by atoms with Crippen LogP contribution >= 0.6 is 0 Å². The molecule has 2 aromatic carbocycles. The minimum Gasteiger partial charge on any atom is -0.296 e. The molecule has 28 heavy (non-hydrogen) atoms. The van der Waals surface area contributed by atoms with Gasteiger partial charge in [-0.05, 0) is 68.4 Å². The molecule has 3 heterocycles. The molecule has 0 saturated carbocycles. The molecule has 1 saturated heterocycles. The lowest BCUT2D eigenvalue weighted by Crippen LogP contribution is -2.30. The van der Waals surface area contributed by atoms with E-state index in [4.69, 9.17) is 10.1 Å². The van der Waals surface area contributed by atoms with Crippen LogP contribution in [0.1, 0.15) is 25.1 Å². The Morgan fingerprint density at radius 1 is 1.00 bits per heavy atom. The summed E-state index contributed by atoms with van der Waals surface area (Å²) in [5, 5.41) is 12.9. The van der Waals surface area contributed by atoms with Crippen LogP contribution in [0.2, 0.25) is 0 Å². The fraction of sp³-hybridized carbons (Fsp3) is 0.286. The number of nitrogens with one attached hydrogen (secondary N) is 1. The molecule has 1 N–H and O–H groups in total. The second-order valence-electron chi connectivity index (χ2n) is 7.25. The van der Waals surface area contributed by atoms with Crippen molar-refractivity contribution in [3.05, 3.63) is 60.3 Å². The van der Waals surface area contributed by atoms with Gasteiger partial charge in [0.25, 0.3) is 0 Å². The molecule has 0 aliphatic carbocycles. The van der Waals surface area contributed by atoms with E-state index in [2.05, 4.69) is 21.2 Å². The number of piperidine rings is 1. The predicted octanol–water partition coefficient (Wildman–Crippen LogP) is 3.94. The van der Waals surface area contributed by atoms with Crippen LogP contribution in [0.5, 0.6) is 0 Å². The number of halogens is 1. The highest BCUT2D eigenvalue weighted by Crippen LogP contribution is 2.23. The van der Waals surface area contributed by atoms with Gasteiger partial charge in [0, 0.05) is 10.9 Å². The zero-order valence-electron chi connectivity index (χ0n) is 15.5. The number of aromatic amines is 1. The van der Waals surface area contributed by atoms with E-state index in [-0.39, 0.29) is 5.82 Å². The van der Waals surface area contributed by atoms with Gasteiger partial charge in [0.1, 0.15) is 11.6 Å². The molecule has 0 spiro atoms. The Hall–Kier alpha value is -3.06. The third-order valence-corrected chi connectivity index (χ3v) is 5.26. The highest BCUT2D eigenvalue weighted by molar-refractivity contribution is 5.80. The minimum atomic E-state index is -0.262. The zero-order valence-corrected chi connectivity index (χ0v) is 15.5. The van der Waals surface area contributed by atoms with Crippen LogP contribution in [0.4, 0.5) is 4.39 Å². The zero-order chi connectivity index (χ0) is 18.9. The second-order valence-corrected chi connectivity index (χ2v) is 7.25. The Morgan fingerprint density at radius 3 is 2.64 bits per heavy atom. The summed E-state index contributed by atoms with van der Waals surface area (Å²) < 4.78 is 15.2. The number of benzene rings is 2. The quantitative estimate of drug-likeness (QED) is 0.586. The topological polar surface area (TPSA) is 62.6 Å². The Balaban J connectivity index is 1.56. The number of rotatable bonds is 4. The third-order valence-electron chi connectivity index (χ3n) is 5.26. The lowest BCUT2D eigenvalue weighted by molar-refractivity contribution is 0.214. The van der Waals surface area contributed by atoms with Gasteiger partial charge in [0.2, 0.25) is 0 Å². The van der Waals surface area contributed by atoms with Gasteiger partial charge in [-0.15, -0.1) is 5.10 Å². The maximum Gasteiger partial charge on any atom is 0.181 e. The summed E-state index contributed by atoms with van der Waals surface area (Å²) in [6.07, 6.45) is 5.54. The fourth-order valence-electron chi connectivity index (χ4n) is 3.75. The van der Waals surface area contributed by atoms with Crippen LogP contribution < -0.4 is 0 Å². The summed E-state index contributed by atoms with van der Waals surface area (Å²) in [4.78, 5) is 7.24. The first-order valence-corrected chi connectivity index (χ1v) is 9.64. The van der Waals surface area contributed by atoms with Gasteiger partial charge in [0.15, 0.2) is 5.82 Å². The molecule has 2 aromatic heterocycles. The molecule has 0 amide bonds. The molecule has 7 heteroatoms. The van der Waals surface area contributed by atoms with Gasteiger partial charge in [-0.1, -0.05) is 6.42 Å². The average Bonchev–Trinajstić information content (AvgIpc) is 3.36. The maximum absolute atomic E-state index is 13.3. The number of hydrogen-bond acceptors (Lipinski definition) is 4. The molecule has 6 nitrogen and oxygen atoms in total. The number of hydrogen-bond donors (Lipinski definition) is 1. The number of aromatic nitrogens is 5. The predicted molar refractivity (Wildman–Crippen MR) is 106 cm³/mol. The molecule has 4 aromatic rings. The van der Waals surface area contributed by atoms with E-state index in [1.165, 1.54) is 31.4 Å². The third kappa shape index (κ3) is 3.29. The van der Waals surface area contributed by atoms with Gasteiger partial charge in [-0.25, -0.2) is 14.1 Å². The Bertz CT molecular complexity index is 1090. The number of fused-ring (bicyclic) bond motifs is 1. The lowest BCUT2D eigenvalue weighted by Gasteiger charge is -2.25. The highest BCUT2D eigenvalue weighted by Gasteiger charge is 2.18.